The summed E-state index contributed by atoms with van der Waals surface area (Å²) in [5.41, 5.74) is 2.00. The SMILES string of the molecule is COc1ccc(C(=O)c2cnnn2C)cc1C. The largest absolute Gasteiger partial charge is 0.496 e. The van der Waals surface area contributed by atoms with Crippen LogP contribution < -0.4 is 4.74 Å². The molecule has 1 heterocycles. The van der Waals surface area contributed by atoms with Gasteiger partial charge in [-0.1, -0.05) is 5.21 Å². The highest BCUT2D eigenvalue weighted by atomic mass is 16.5. The number of ether oxygens (including phenoxy) is 1. The summed E-state index contributed by atoms with van der Waals surface area (Å²) in [5.74, 6) is 0.674. The fourth-order valence-corrected chi connectivity index (χ4v) is 1.66. The Morgan fingerprint density at radius 1 is 1.41 bits per heavy atom. The van der Waals surface area contributed by atoms with E-state index >= 15 is 0 Å². The van der Waals surface area contributed by atoms with Crippen molar-refractivity contribution in [1.29, 1.82) is 0 Å². The van der Waals surface area contributed by atoms with Crippen LogP contribution in [0.4, 0.5) is 0 Å². The van der Waals surface area contributed by atoms with Crippen LogP contribution in [0.3, 0.4) is 0 Å². The predicted octanol–water partition coefficient (Wildman–Crippen LogP) is 1.36. The number of rotatable bonds is 3. The van der Waals surface area contributed by atoms with Gasteiger partial charge in [-0.15, -0.1) is 5.10 Å². The topological polar surface area (TPSA) is 57.0 Å². The summed E-state index contributed by atoms with van der Waals surface area (Å²) in [5, 5.41) is 7.43. The number of methoxy groups -OCH3 is 1. The molecule has 0 saturated carbocycles. The van der Waals surface area contributed by atoms with Crippen LogP contribution in [0.25, 0.3) is 0 Å². The monoisotopic (exact) mass is 231 g/mol. The van der Waals surface area contributed by atoms with Gasteiger partial charge < -0.3 is 4.74 Å². The molecule has 5 heteroatoms. The summed E-state index contributed by atoms with van der Waals surface area (Å²) in [6, 6.07) is 5.32. The molecule has 5 nitrogen and oxygen atoms in total. The fourth-order valence-electron chi connectivity index (χ4n) is 1.66. The van der Waals surface area contributed by atoms with Gasteiger partial charge in [0.25, 0.3) is 0 Å². The zero-order chi connectivity index (χ0) is 12.4. The van der Waals surface area contributed by atoms with Crippen LogP contribution in [-0.2, 0) is 7.05 Å². The highest BCUT2D eigenvalue weighted by molar-refractivity contribution is 6.07. The smallest absolute Gasteiger partial charge is 0.212 e. The Hall–Kier alpha value is -2.17. The van der Waals surface area contributed by atoms with Gasteiger partial charge in [0.15, 0.2) is 0 Å². The van der Waals surface area contributed by atoms with E-state index in [0.717, 1.165) is 11.3 Å². The fraction of sp³-hybridized carbons (Fsp3) is 0.250. The Morgan fingerprint density at radius 3 is 2.71 bits per heavy atom. The Kier molecular flexibility index (Phi) is 2.91. The zero-order valence-corrected chi connectivity index (χ0v) is 9.97. The molecule has 0 saturated heterocycles. The van der Waals surface area contributed by atoms with Crippen LogP contribution in [0, 0.1) is 6.92 Å². The molecule has 0 N–H and O–H groups in total. The minimum absolute atomic E-state index is 0.0942. The standard InChI is InChI=1S/C12H13N3O2/c1-8-6-9(4-5-11(8)17-3)12(16)10-7-13-14-15(10)2/h4-7H,1-3H3. The van der Waals surface area contributed by atoms with Crippen molar-refractivity contribution in [2.75, 3.05) is 7.11 Å². The van der Waals surface area contributed by atoms with Crippen molar-refractivity contribution in [3.63, 3.8) is 0 Å². The second-order valence-electron chi connectivity index (χ2n) is 3.76. The summed E-state index contributed by atoms with van der Waals surface area (Å²) in [4.78, 5) is 12.1. The van der Waals surface area contributed by atoms with Gasteiger partial charge in [0.1, 0.15) is 11.4 Å². The van der Waals surface area contributed by atoms with Crippen LogP contribution in [0.5, 0.6) is 5.75 Å². The molecule has 0 amide bonds. The number of aromatic nitrogens is 3. The Morgan fingerprint density at radius 2 is 2.18 bits per heavy atom. The highest BCUT2D eigenvalue weighted by Crippen LogP contribution is 2.20. The molecule has 0 unspecified atom stereocenters. The molecule has 0 atom stereocenters. The molecule has 1 aromatic heterocycles. The van der Waals surface area contributed by atoms with Crippen LogP contribution in [0.15, 0.2) is 24.4 Å². The Balaban J connectivity index is 2.39. The average molecular weight is 231 g/mol. The van der Waals surface area contributed by atoms with Crippen molar-refractivity contribution in [2.24, 2.45) is 7.05 Å². The number of ketones is 1. The van der Waals surface area contributed by atoms with Crippen molar-refractivity contribution in [3.05, 3.63) is 41.2 Å². The lowest BCUT2D eigenvalue weighted by Gasteiger charge is -2.06. The molecule has 2 aromatic rings. The molecule has 0 aliphatic heterocycles. The lowest BCUT2D eigenvalue weighted by atomic mass is 10.1. The van der Waals surface area contributed by atoms with Crippen molar-refractivity contribution >= 4 is 5.78 Å². The van der Waals surface area contributed by atoms with Gasteiger partial charge in [-0.25, -0.2) is 4.68 Å². The molecule has 17 heavy (non-hydrogen) atoms. The molecule has 0 aliphatic rings. The summed E-state index contributed by atoms with van der Waals surface area (Å²) in [6.45, 7) is 1.90. The first-order valence-electron chi connectivity index (χ1n) is 5.17. The van der Waals surface area contributed by atoms with E-state index in [9.17, 15) is 4.79 Å². The van der Waals surface area contributed by atoms with Crippen LogP contribution in [0.1, 0.15) is 21.6 Å². The first-order valence-corrected chi connectivity index (χ1v) is 5.17. The summed E-state index contributed by atoms with van der Waals surface area (Å²) in [7, 11) is 3.30. The number of hydrogen-bond donors (Lipinski definition) is 0. The molecule has 0 spiro atoms. The first kappa shape index (κ1) is 11.3. The third kappa shape index (κ3) is 2.04. The van der Waals surface area contributed by atoms with Crippen LogP contribution in [0.2, 0.25) is 0 Å². The Labute approximate surface area is 99.0 Å². The first-order chi connectivity index (χ1) is 8.13. The van der Waals surface area contributed by atoms with E-state index in [1.807, 2.05) is 6.92 Å². The number of carbonyl (C=O) groups excluding carboxylic acids is 1. The van der Waals surface area contributed by atoms with Gasteiger partial charge in [-0.2, -0.15) is 0 Å². The van der Waals surface area contributed by atoms with Crippen LogP contribution in [-0.4, -0.2) is 27.9 Å². The normalized spacial score (nSPS) is 10.3. The van der Waals surface area contributed by atoms with Gasteiger partial charge >= 0.3 is 0 Å². The van der Waals surface area contributed by atoms with Gasteiger partial charge in [0, 0.05) is 12.6 Å². The minimum Gasteiger partial charge on any atom is -0.496 e. The summed E-state index contributed by atoms with van der Waals surface area (Å²) < 4.78 is 6.61. The van der Waals surface area contributed by atoms with E-state index in [1.54, 1.807) is 32.4 Å². The third-order valence-corrected chi connectivity index (χ3v) is 2.60. The number of hydrogen-bond acceptors (Lipinski definition) is 4. The molecular weight excluding hydrogens is 218 g/mol. The third-order valence-electron chi connectivity index (χ3n) is 2.60. The number of carbonyl (C=O) groups is 1. The van der Waals surface area contributed by atoms with Gasteiger partial charge in [0.05, 0.1) is 13.3 Å². The lowest BCUT2D eigenvalue weighted by Crippen LogP contribution is -2.08. The summed E-state index contributed by atoms with van der Waals surface area (Å²) >= 11 is 0. The maximum absolute atomic E-state index is 12.1. The molecule has 88 valence electrons. The molecule has 0 aliphatic carbocycles. The molecule has 2 rings (SSSR count). The molecular formula is C12H13N3O2. The molecule has 0 bridgehead atoms. The molecule has 0 radical (unpaired) electrons. The maximum Gasteiger partial charge on any atom is 0.212 e. The van der Waals surface area contributed by atoms with E-state index in [-0.39, 0.29) is 5.78 Å². The summed E-state index contributed by atoms with van der Waals surface area (Å²) in [6.07, 6.45) is 1.46. The predicted molar refractivity (Wildman–Crippen MR) is 62.2 cm³/mol. The number of nitrogens with zero attached hydrogens (tertiary/aromatic N) is 3. The number of aryl methyl sites for hydroxylation is 2. The number of benzene rings is 1. The van der Waals surface area contributed by atoms with E-state index in [1.165, 1.54) is 10.9 Å². The zero-order valence-electron chi connectivity index (χ0n) is 9.97. The second-order valence-corrected chi connectivity index (χ2v) is 3.76. The molecule has 0 fully saturated rings. The van der Waals surface area contributed by atoms with E-state index < -0.39 is 0 Å². The quantitative estimate of drug-likeness (QED) is 0.748. The van der Waals surface area contributed by atoms with Gasteiger partial charge in [-0.3, -0.25) is 4.79 Å². The van der Waals surface area contributed by atoms with Crippen LogP contribution >= 0.6 is 0 Å². The van der Waals surface area contributed by atoms with Gasteiger partial charge in [0.2, 0.25) is 5.78 Å². The maximum atomic E-state index is 12.1. The van der Waals surface area contributed by atoms with E-state index in [0.29, 0.717) is 11.3 Å². The Bertz CT molecular complexity index is 561. The van der Waals surface area contributed by atoms with Crippen molar-refractivity contribution in [3.8, 4) is 5.75 Å². The van der Waals surface area contributed by atoms with Crippen molar-refractivity contribution < 1.29 is 9.53 Å². The van der Waals surface area contributed by atoms with E-state index in [4.69, 9.17) is 4.74 Å². The second kappa shape index (κ2) is 4.37. The van der Waals surface area contributed by atoms with Gasteiger partial charge in [-0.05, 0) is 30.7 Å². The minimum atomic E-state index is -0.0942. The average Bonchev–Trinajstić information content (AvgIpc) is 2.74. The molecule has 1 aromatic carbocycles. The lowest BCUT2D eigenvalue weighted by molar-refractivity contribution is 0.103. The van der Waals surface area contributed by atoms with Crippen molar-refractivity contribution in [1.82, 2.24) is 15.0 Å². The highest BCUT2D eigenvalue weighted by Gasteiger charge is 2.14. The van der Waals surface area contributed by atoms with E-state index in [2.05, 4.69) is 10.3 Å². The van der Waals surface area contributed by atoms with Crippen molar-refractivity contribution in [2.45, 2.75) is 6.92 Å².